The Morgan fingerprint density at radius 3 is 2.58 bits per heavy atom. The Labute approximate surface area is 88.4 Å². The first-order chi connectivity index (χ1) is 5.77. The molecule has 0 N–H and O–H groups in total. The molecule has 0 saturated carbocycles. The molecule has 2 rings (SSSR count). The molecule has 4 heteroatoms. The number of hydrogen-bond acceptors (Lipinski definition) is 2. The summed E-state index contributed by atoms with van der Waals surface area (Å²) in [4.78, 5) is 1.01. The summed E-state index contributed by atoms with van der Waals surface area (Å²) in [5.41, 5.74) is 1.03. The SMILES string of the molecule is Clc1[c]c(-c2ccsc2Cl)sc1. The Morgan fingerprint density at radius 1 is 1.25 bits per heavy atom. The fourth-order valence-electron chi connectivity index (χ4n) is 0.865. The van der Waals surface area contributed by atoms with E-state index in [2.05, 4.69) is 6.07 Å². The van der Waals surface area contributed by atoms with Crippen LogP contribution in [0.15, 0.2) is 16.8 Å². The third-order valence-corrected chi connectivity index (χ3v) is 3.79. The first-order valence-corrected chi connectivity index (χ1v) is 5.68. The second-order valence-electron chi connectivity index (χ2n) is 2.15. The zero-order valence-electron chi connectivity index (χ0n) is 5.80. The van der Waals surface area contributed by atoms with Crippen LogP contribution < -0.4 is 0 Å². The lowest BCUT2D eigenvalue weighted by atomic mass is 10.3. The van der Waals surface area contributed by atoms with Gasteiger partial charge in [-0.3, -0.25) is 0 Å². The zero-order valence-corrected chi connectivity index (χ0v) is 8.95. The average Bonchev–Trinajstić information content (AvgIpc) is 2.58. The Bertz CT molecular complexity index is 389. The first-order valence-electron chi connectivity index (χ1n) is 3.17. The summed E-state index contributed by atoms with van der Waals surface area (Å²) >= 11 is 14.8. The largest absolute Gasteiger partial charge is 0.141 e. The average molecular weight is 234 g/mol. The summed E-state index contributed by atoms with van der Waals surface area (Å²) in [5.74, 6) is 0. The monoisotopic (exact) mass is 233 g/mol. The Balaban J connectivity index is 2.50. The van der Waals surface area contributed by atoms with Gasteiger partial charge in [-0.1, -0.05) is 23.2 Å². The molecule has 1 radical (unpaired) electrons. The summed E-state index contributed by atoms with van der Waals surface area (Å²) in [7, 11) is 0. The number of rotatable bonds is 1. The van der Waals surface area contributed by atoms with E-state index in [9.17, 15) is 0 Å². The van der Waals surface area contributed by atoms with Gasteiger partial charge in [0.25, 0.3) is 0 Å². The van der Waals surface area contributed by atoms with Crippen molar-refractivity contribution in [2.75, 3.05) is 0 Å². The zero-order chi connectivity index (χ0) is 8.55. The second-order valence-corrected chi connectivity index (χ2v) is 4.95. The molecule has 0 nitrogen and oxygen atoms in total. The van der Waals surface area contributed by atoms with E-state index in [-0.39, 0.29) is 0 Å². The van der Waals surface area contributed by atoms with E-state index >= 15 is 0 Å². The predicted molar refractivity (Wildman–Crippen MR) is 56.5 cm³/mol. The van der Waals surface area contributed by atoms with Gasteiger partial charge >= 0.3 is 0 Å². The van der Waals surface area contributed by atoms with Crippen LogP contribution in [0.2, 0.25) is 9.36 Å². The molecule has 0 aromatic carbocycles. The van der Waals surface area contributed by atoms with E-state index in [0.29, 0.717) is 5.02 Å². The van der Waals surface area contributed by atoms with Gasteiger partial charge in [0.05, 0.1) is 5.02 Å². The van der Waals surface area contributed by atoms with E-state index in [1.54, 1.807) is 11.3 Å². The molecule has 2 heterocycles. The molecule has 0 spiro atoms. The summed E-state index contributed by atoms with van der Waals surface area (Å²) in [6.07, 6.45) is 0. The maximum Gasteiger partial charge on any atom is 0.101 e. The van der Waals surface area contributed by atoms with Crippen molar-refractivity contribution in [1.82, 2.24) is 0 Å². The summed E-state index contributed by atoms with van der Waals surface area (Å²) < 4.78 is 0.796. The van der Waals surface area contributed by atoms with E-state index in [1.807, 2.05) is 16.8 Å². The maximum absolute atomic E-state index is 5.95. The smallest absolute Gasteiger partial charge is 0.101 e. The minimum absolute atomic E-state index is 0.650. The Morgan fingerprint density at radius 2 is 2.08 bits per heavy atom. The van der Waals surface area contributed by atoms with Crippen LogP contribution in [0, 0.1) is 6.07 Å². The van der Waals surface area contributed by atoms with Crippen molar-refractivity contribution in [1.29, 1.82) is 0 Å². The molecule has 0 aliphatic rings. The summed E-state index contributed by atoms with van der Waals surface area (Å²) in [5, 5.41) is 4.46. The summed E-state index contributed by atoms with van der Waals surface area (Å²) in [6.45, 7) is 0. The van der Waals surface area contributed by atoms with Gasteiger partial charge in [-0.15, -0.1) is 22.7 Å². The highest BCUT2D eigenvalue weighted by molar-refractivity contribution is 7.17. The molecule has 0 aliphatic carbocycles. The van der Waals surface area contributed by atoms with Crippen LogP contribution in [-0.4, -0.2) is 0 Å². The lowest BCUT2D eigenvalue weighted by Gasteiger charge is -1.89. The van der Waals surface area contributed by atoms with Crippen LogP contribution in [0.25, 0.3) is 10.4 Å². The molecule has 0 bridgehead atoms. The highest BCUT2D eigenvalue weighted by atomic mass is 35.5. The van der Waals surface area contributed by atoms with Gasteiger partial charge in [-0.2, -0.15) is 0 Å². The van der Waals surface area contributed by atoms with Crippen molar-refractivity contribution < 1.29 is 0 Å². The minimum atomic E-state index is 0.650. The van der Waals surface area contributed by atoms with Crippen molar-refractivity contribution in [3.8, 4) is 10.4 Å². The van der Waals surface area contributed by atoms with Crippen molar-refractivity contribution in [3.05, 3.63) is 32.3 Å². The molecule has 12 heavy (non-hydrogen) atoms. The molecule has 0 amide bonds. The van der Waals surface area contributed by atoms with E-state index in [4.69, 9.17) is 23.2 Å². The van der Waals surface area contributed by atoms with Crippen LogP contribution in [-0.2, 0) is 0 Å². The van der Waals surface area contributed by atoms with Crippen LogP contribution in [0.1, 0.15) is 0 Å². The quantitative estimate of drug-likeness (QED) is 0.677. The van der Waals surface area contributed by atoms with Crippen molar-refractivity contribution in [2.24, 2.45) is 0 Å². The maximum atomic E-state index is 5.95. The Kier molecular flexibility index (Phi) is 2.42. The van der Waals surface area contributed by atoms with Crippen LogP contribution in [0.5, 0.6) is 0 Å². The lowest BCUT2D eigenvalue weighted by Crippen LogP contribution is -1.63. The third-order valence-electron chi connectivity index (χ3n) is 1.38. The van der Waals surface area contributed by atoms with Crippen molar-refractivity contribution in [3.63, 3.8) is 0 Å². The normalized spacial score (nSPS) is 10.5. The molecule has 0 aliphatic heterocycles. The van der Waals surface area contributed by atoms with Gasteiger partial charge in [0.15, 0.2) is 0 Å². The standard InChI is InChI=1S/C8H3Cl2S2/c9-5-3-7(12-4-5)6-1-2-11-8(6)10/h1-2,4H. The number of thiophene rings is 2. The molecule has 2 aromatic rings. The van der Waals surface area contributed by atoms with E-state index in [1.165, 1.54) is 11.3 Å². The van der Waals surface area contributed by atoms with Crippen LogP contribution in [0.4, 0.5) is 0 Å². The molecular weight excluding hydrogens is 231 g/mol. The topological polar surface area (TPSA) is 0 Å². The number of halogens is 2. The van der Waals surface area contributed by atoms with Gasteiger partial charge in [0.1, 0.15) is 4.34 Å². The molecule has 0 fully saturated rings. The molecule has 0 saturated heterocycles. The van der Waals surface area contributed by atoms with Crippen molar-refractivity contribution in [2.45, 2.75) is 0 Å². The second kappa shape index (κ2) is 3.38. The summed E-state index contributed by atoms with van der Waals surface area (Å²) in [6, 6.07) is 5.00. The van der Waals surface area contributed by atoms with Gasteiger partial charge in [0, 0.05) is 21.9 Å². The number of hydrogen-bond donors (Lipinski definition) is 0. The fraction of sp³-hybridized carbons (Fsp3) is 0. The van der Waals surface area contributed by atoms with Gasteiger partial charge < -0.3 is 0 Å². The lowest BCUT2D eigenvalue weighted by molar-refractivity contribution is 1.86. The van der Waals surface area contributed by atoms with E-state index < -0.39 is 0 Å². The van der Waals surface area contributed by atoms with Gasteiger partial charge in [-0.05, 0) is 11.4 Å². The molecular formula is C8H3Cl2S2. The molecule has 0 unspecified atom stereocenters. The molecule has 61 valence electrons. The fourth-order valence-corrected chi connectivity index (χ4v) is 2.95. The predicted octanol–water partition coefficient (Wildman–Crippen LogP) is 4.58. The van der Waals surface area contributed by atoms with Gasteiger partial charge in [0.2, 0.25) is 0 Å². The first kappa shape index (κ1) is 8.57. The minimum Gasteiger partial charge on any atom is -0.141 e. The van der Waals surface area contributed by atoms with Crippen molar-refractivity contribution >= 4 is 45.9 Å². The third kappa shape index (κ3) is 1.52. The van der Waals surface area contributed by atoms with E-state index in [0.717, 1.165) is 14.8 Å². The Hall–Kier alpha value is -0.0200. The molecule has 0 atom stereocenters. The van der Waals surface area contributed by atoms with Crippen LogP contribution in [0.3, 0.4) is 0 Å². The highest BCUT2D eigenvalue weighted by Crippen LogP contribution is 2.36. The highest BCUT2D eigenvalue weighted by Gasteiger charge is 2.06. The van der Waals surface area contributed by atoms with Crippen LogP contribution >= 0.6 is 45.9 Å². The van der Waals surface area contributed by atoms with Gasteiger partial charge in [-0.25, -0.2) is 0 Å². The molecule has 2 aromatic heterocycles.